The number of nitrogens with one attached hydrogen (secondary N) is 1. The summed E-state index contributed by atoms with van der Waals surface area (Å²) in [6.45, 7) is 0. The van der Waals surface area contributed by atoms with Crippen molar-refractivity contribution in [1.29, 1.82) is 0 Å². The van der Waals surface area contributed by atoms with Gasteiger partial charge < -0.3 is 5.11 Å². The smallest absolute Gasteiger partial charge is 0.328 e. The maximum Gasteiger partial charge on any atom is 0.328 e. The number of benzene rings is 1. The van der Waals surface area contributed by atoms with E-state index >= 15 is 0 Å². The topological polar surface area (TPSA) is 61.7 Å². The molecule has 3 rings (SSSR count). The first kappa shape index (κ1) is 11.3. The Labute approximate surface area is 106 Å². The summed E-state index contributed by atoms with van der Waals surface area (Å²) in [5, 5.41) is 13.1. The molecular weight excluding hydrogens is 228 g/mol. The van der Waals surface area contributed by atoms with Gasteiger partial charge in [0.2, 0.25) is 0 Å². The average Bonchev–Trinajstić information content (AvgIpc) is 2.88. The summed E-state index contributed by atoms with van der Waals surface area (Å²) < 4.78 is 0. The van der Waals surface area contributed by atoms with Crippen LogP contribution in [0.2, 0.25) is 0 Å². The Morgan fingerprint density at radius 1 is 1.28 bits per heavy atom. The second-order valence-electron chi connectivity index (χ2n) is 4.97. The van der Waals surface area contributed by atoms with Crippen molar-refractivity contribution < 1.29 is 9.90 Å². The molecule has 18 heavy (non-hydrogen) atoms. The molecule has 1 atom stereocenters. The summed E-state index contributed by atoms with van der Waals surface area (Å²) in [5.41, 5.74) is 7.43. The van der Waals surface area contributed by atoms with Crippen molar-refractivity contribution >= 4 is 11.7 Å². The molecule has 1 heterocycles. The number of fused-ring (bicyclic) bond motifs is 1. The molecule has 2 N–H and O–H groups in total. The number of rotatable bonds is 2. The number of carboxylic acid groups (broad SMARTS) is 1. The molecule has 0 bridgehead atoms. The number of hydrazone groups is 1. The lowest BCUT2D eigenvalue weighted by atomic mass is 9.89. The molecule has 2 aliphatic rings. The van der Waals surface area contributed by atoms with E-state index in [1.54, 1.807) is 0 Å². The summed E-state index contributed by atoms with van der Waals surface area (Å²) in [5.74, 6) is -0.841. The maximum absolute atomic E-state index is 10.9. The van der Waals surface area contributed by atoms with Crippen LogP contribution in [-0.2, 0) is 17.6 Å². The Balaban J connectivity index is 1.83. The maximum atomic E-state index is 10.9. The van der Waals surface area contributed by atoms with Crippen LogP contribution in [0, 0.1) is 0 Å². The van der Waals surface area contributed by atoms with Gasteiger partial charge in [-0.3, -0.25) is 5.43 Å². The summed E-state index contributed by atoms with van der Waals surface area (Å²) in [7, 11) is 0. The van der Waals surface area contributed by atoms with E-state index in [1.807, 2.05) is 0 Å². The first-order valence-corrected chi connectivity index (χ1v) is 6.41. The fourth-order valence-electron chi connectivity index (χ4n) is 2.68. The second-order valence-corrected chi connectivity index (χ2v) is 4.97. The molecule has 1 aliphatic heterocycles. The summed E-state index contributed by atoms with van der Waals surface area (Å²) >= 11 is 0. The van der Waals surface area contributed by atoms with Crippen molar-refractivity contribution in [2.24, 2.45) is 5.10 Å². The van der Waals surface area contributed by atoms with Crippen LogP contribution in [0.4, 0.5) is 0 Å². The fraction of sp³-hybridized carbons (Fsp3) is 0.429. The highest BCUT2D eigenvalue weighted by atomic mass is 16.4. The van der Waals surface area contributed by atoms with Gasteiger partial charge in [-0.2, -0.15) is 5.10 Å². The Kier molecular flexibility index (Phi) is 2.78. The standard InChI is InChI=1S/C14H16N2O2/c17-14(18)13-8-12(15-16-13)11-6-5-9-3-1-2-4-10(9)7-11/h5-7,13,16H,1-4,8H2,(H,17,18). The van der Waals surface area contributed by atoms with Crippen molar-refractivity contribution in [3.63, 3.8) is 0 Å². The Morgan fingerprint density at radius 3 is 2.78 bits per heavy atom. The molecule has 1 aromatic carbocycles. The van der Waals surface area contributed by atoms with Crippen LogP contribution in [-0.4, -0.2) is 22.8 Å². The van der Waals surface area contributed by atoms with Gasteiger partial charge in [-0.25, -0.2) is 4.79 Å². The zero-order valence-corrected chi connectivity index (χ0v) is 10.1. The van der Waals surface area contributed by atoms with E-state index in [2.05, 4.69) is 28.7 Å². The normalized spacial score (nSPS) is 22.0. The van der Waals surface area contributed by atoms with E-state index in [0.29, 0.717) is 6.42 Å². The fourth-order valence-corrected chi connectivity index (χ4v) is 2.68. The van der Waals surface area contributed by atoms with E-state index < -0.39 is 12.0 Å². The highest BCUT2D eigenvalue weighted by molar-refractivity contribution is 6.04. The molecule has 4 heteroatoms. The van der Waals surface area contributed by atoms with Gasteiger partial charge in [0.1, 0.15) is 6.04 Å². The zero-order valence-electron chi connectivity index (χ0n) is 10.1. The SMILES string of the molecule is O=C(O)C1CC(c2ccc3c(c2)CCCC3)=NN1. The lowest BCUT2D eigenvalue weighted by molar-refractivity contribution is -0.139. The molecule has 4 nitrogen and oxygen atoms in total. The molecule has 0 amide bonds. The van der Waals surface area contributed by atoms with E-state index in [9.17, 15) is 4.79 Å². The van der Waals surface area contributed by atoms with Gasteiger partial charge in [-0.15, -0.1) is 0 Å². The number of carboxylic acids is 1. The van der Waals surface area contributed by atoms with Crippen LogP contribution in [0.3, 0.4) is 0 Å². The number of aliphatic carboxylic acids is 1. The number of nitrogens with zero attached hydrogens (tertiary/aromatic N) is 1. The molecule has 0 saturated carbocycles. The van der Waals surface area contributed by atoms with Crippen LogP contribution in [0.1, 0.15) is 36.0 Å². The van der Waals surface area contributed by atoms with Gasteiger partial charge in [0, 0.05) is 6.42 Å². The van der Waals surface area contributed by atoms with Gasteiger partial charge in [0.25, 0.3) is 0 Å². The summed E-state index contributed by atoms with van der Waals surface area (Å²) in [6.07, 6.45) is 5.29. The number of hydrogen-bond acceptors (Lipinski definition) is 3. The second kappa shape index (κ2) is 4.44. The van der Waals surface area contributed by atoms with E-state index in [0.717, 1.165) is 24.1 Å². The van der Waals surface area contributed by atoms with Crippen molar-refractivity contribution in [2.75, 3.05) is 0 Å². The molecule has 1 aliphatic carbocycles. The van der Waals surface area contributed by atoms with E-state index in [4.69, 9.17) is 5.11 Å². The van der Waals surface area contributed by atoms with Crippen LogP contribution in [0.15, 0.2) is 23.3 Å². The third-order valence-electron chi connectivity index (χ3n) is 3.73. The van der Waals surface area contributed by atoms with Crippen LogP contribution in [0.25, 0.3) is 0 Å². The predicted octanol–water partition coefficient (Wildman–Crippen LogP) is 1.72. The average molecular weight is 244 g/mol. The molecule has 0 radical (unpaired) electrons. The quantitative estimate of drug-likeness (QED) is 0.832. The molecule has 0 saturated heterocycles. The van der Waals surface area contributed by atoms with Crippen LogP contribution >= 0.6 is 0 Å². The summed E-state index contributed by atoms with van der Waals surface area (Å²) in [4.78, 5) is 10.9. The zero-order chi connectivity index (χ0) is 12.5. The van der Waals surface area contributed by atoms with Crippen molar-refractivity contribution in [1.82, 2.24) is 5.43 Å². The third-order valence-corrected chi connectivity index (χ3v) is 3.73. The highest BCUT2D eigenvalue weighted by Crippen LogP contribution is 2.23. The third kappa shape index (κ3) is 1.98. The summed E-state index contributed by atoms with van der Waals surface area (Å²) in [6, 6.07) is 5.84. The van der Waals surface area contributed by atoms with E-state index in [-0.39, 0.29) is 0 Å². The van der Waals surface area contributed by atoms with Gasteiger partial charge in [0.05, 0.1) is 5.71 Å². The van der Waals surface area contributed by atoms with Gasteiger partial charge in [-0.1, -0.05) is 12.1 Å². The molecule has 1 unspecified atom stereocenters. The van der Waals surface area contributed by atoms with Crippen molar-refractivity contribution in [2.45, 2.75) is 38.1 Å². The predicted molar refractivity (Wildman–Crippen MR) is 68.8 cm³/mol. The lowest BCUT2D eigenvalue weighted by Crippen LogP contribution is -2.29. The van der Waals surface area contributed by atoms with Crippen molar-refractivity contribution in [3.05, 3.63) is 34.9 Å². The molecule has 0 spiro atoms. The van der Waals surface area contributed by atoms with Gasteiger partial charge in [0.15, 0.2) is 0 Å². The largest absolute Gasteiger partial charge is 0.480 e. The number of aryl methyl sites for hydroxylation is 2. The minimum atomic E-state index is -0.841. The van der Waals surface area contributed by atoms with Crippen LogP contribution < -0.4 is 5.43 Å². The first-order chi connectivity index (χ1) is 8.74. The van der Waals surface area contributed by atoms with Gasteiger partial charge in [-0.05, 0) is 48.4 Å². The highest BCUT2D eigenvalue weighted by Gasteiger charge is 2.25. The molecule has 1 aromatic rings. The van der Waals surface area contributed by atoms with Crippen LogP contribution in [0.5, 0.6) is 0 Å². The molecular formula is C14H16N2O2. The molecule has 0 aromatic heterocycles. The monoisotopic (exact) mass is 244 g/mol. The number of carbonyl (C=O) groups is 1. The van der Waals surface area contributed by atoms with E-state index in [1.165, 1.54) is 24.0 Å². The number of hydrogen-bond donors (Lipinski definition) is 2. The minimum Gasteiger partial charge on any atom is -0.480 e. The Morgan fingerprint density at radius 2 is 2.06 bits per heavy atom. The first-order valence-electron chi connectivity index (χ1n) is 6.41. The Hall–Kier alpha value is -1.84. The Bertz CT molecular complexity index is 523. The minimum absolute atomic E-state index is 0.466. The van der Waals surface area contributed by atoms with Gasteiger partial charge >= 0.3 is 5.97 Å². The lowest BCUT2D eigenvalue weighted by Gasteiger charge is -2.16. The molecule has 94 valence electrons. The van der Waals surface area contributed by atoms with Crippen molar-refractivity contribution in [3.8, 4) is 0 Å². The molecule has 0 fully saturated rings.